The van der Waals surface area contributed by atoms with Gasteiger partial charge in [0.05, 0.1) is 0 Å². The SMILES string of the molecule is CCCCCC(C)(C)Cn1cccc1. The summed E-state index contributed by atoms with van der Waals surface area (Å²) < 4.78 is 2.28. The maximum Gasteiger partial charge on any atom is 0.0270 e. The largest absolute Gasteiger partial charge is 0.354 e. The highest BCUT2D eigenvalue weighted by Gasteiger charge is 2.17. The molecule has 0 unspecified atom stereocenters. The first-order valence-corrected chi connectivity index (χ1v) is 5.75. The average Bonchev–Trinajstić information content (AvgIpc) is 2.56. The number of nitrogens with zero attached hydrogens (tertiary/aromatic N) is 1. The third-order valence-electron chi connectivity index (χ3n) is 2.73. The Hall–Kier alpha value is -0.720. The Labute approximate surface area is 88.1 Å². The zero-order valence-corrected chi connectivity index (χ0v) is 9.79. The summed E-state index contributed by atoms with van der Waals surface area (Å²) in [7, 11) is 0. The maximum absolute atomic E-state index is 2.36. The summed E-state index contributed by atoms with van der Waals surface area (Å²) in [6.45, 7) is 8.13. The monoisotopic (exact) mass is 193 g/mol. The number of hydrogen-bond donors (Lipinski definition) is 0. The van der Waals surface area contributed by atoms with E-state index in [0.29, 0.717) is 5.41 Å². The smallest absolute Gasteiger partial charge is 0.0270 e. The van der Waals surface area contributed by atoms with Gasteiger partial charge in [-0.25, -0.2) is 0 Å². The standard InChI is InChI=1S/C13H23N/c1-4-5-6-9-13(2,3)12-14-10-7-8-11-14/h7-8,10-11H,4-6,9,12H2,1-3H3. The van der Waals surface area contributed by atoms with Crippen LogP contribution in [0.15, 0.2) is 24.5 Å². The van der Waals surface area contributed by atoms with Crippen LogP contribution in [-0.2, 0) is 6.54 Å². The zero-order valence-electron chi connectivity index (χ0n) is 9.79. The Morgan fingerprint density at radius 3 is 2.29 bits per heavy atom. The second-order valence-corrected chi connectivity index (χ2v) is 4.98. The molecule has 1 heterocycles. The Balaban J connectivity index is 2.33. The van der Waals surface area contributed by atoms with E-state index in [9.17, 15) is 0 Å². The molecule has 1 rings (SSSR count). The topological polar surface area (TPSA) is 4.93 Å². The molecule has 0 aromatic carbocycles. The maximum atomic E-state index is 2.36. The number of hydrogen-bond acceptors (Lipinski definition) is 0. The van der Waals surface area contributed by atoms with Crippen molar-refractivity contribution in [2.75, 3.05) is 0 Å². The van der Waals surface area contributed by atoms with Gasteiger partial charge in [-0.2, -0.15) is 0 Å². The van der Waals surface area contributed by atoms with Crippen molar-refractivity contribution >= 4 is 0 Å². The summed E-state index contributed by atoms with van der Waals surface area (Å²) in [6.07, 6.45) is 9.70. The molecule has 0 aliphatic rings. The van der Waals surface area contributed by atoms with Gasteiger partial charge in [-0.3, -0.25) is 0 Å². The minimum absolute atomic E-state index is 0.439. The fraction of sp³-hybridized carbons (Fsp3) is 0.692. The van der Waals surface area contributed by atoms with Crippen LogP contribution in [0.1, 0.15) is 46.5 Å². The highest BCUT2D eigenvalue weighted by atomic mass is 14.9. The molecule has 0 atom stereocenters. The van der Waals surface area contributed by atoms with Crippen molar-refractivity contribution < 1.29 is 0 Å². The van der Waals surface area contributed by atoms with Crippen LogP contribution in [0.2, 0.25) is 0 Å². The van der Waals surface area contributed by atoms with E-state index in [0.717, 1.165) is 6.54 Å². The van der Waals surface area contributed by atoms with E-state index in [1.54, 1.807) is 0 Å². The highest BCUT2D eigenvalue weighted by molar-refractivity contribution is 4.91. The van der Waals surface area contributed by atoms with Crippen molar-refractivity contribution in [2.45, 2.75) is 53.0 Å². The Morgan fingerprint density at radius 2 is 1.71 bits per heavy atom. The van der Waals surface area contributed by atoms with E-state index in [2.05, 4.69) is 49.9 Å². The van der Waals surface area contributed by atoms with Gasteiger partial charge in [0.25, 0.3) is 0 Å². The van der Waals surface area contributed by atoms with Crippen molar-refractivity contribution in [1.82, 2.24) is 4.57 Å². The molecular weight excluding hydrogens is 170 g/mol. The summed E-state index contributed by atoms with van der Waals surface area (Å²) in [5.41, 5.74) is 0.439. The van der Waals surface area contributed by atoms with E-state index in [1.165, 1.54) is 25.7 Å². The van der Waals surface area contributed by atoms with E-state index < -0.39 is 0 Å². The minimum atomic E-state index is 0.439. The molecule has 0 saturated carbocycles. The number of rotatable bonds is 6. The molecule has 0 radical (unpaired) electrons. The van der Waals surface area contributed by atoms with Gasteiger partial charge < -0.3 is 4.57 Å². The lowest BCUT2D eigenvalue weighted by Gasteiger charge is -2.25. The van der Waals surface area contributed by atoms with Gasteiger partial charge in [0.15, 0.2) is 0 Å². The van der Waals surface area contributed by atoms with Crippen molar-refractivity contribution in [3.63, 3.8) is 0 Å². The molecule has 80 valence electrons. The molecule has 1 nitrogen and oxygen atoms in total. The van der Waals surface area contributed by atoms with Crippen LogP contribution < -0.4 is 0 Å². The van der Waals surface area contributed by atoms with E-state index >= 15 is 0 Å². The van der Waals surface area contributed by atoms with Crippen LogP contribution in [0.3, 0.4) is 0 Å². The molecule has 0 N–H and O–H groups in total. The van der Waals surface area contributed by atoms with Gasteiger partial charge in [-0.15, -0.1) is 0 Å². The first-order chi connectivity index (χ1) is 6.64. The third kappa shape index (κ3) is 3.99. The van der Waals surface area contributed by atoms with Crippen LogP contribution in [0.25, 0.3) is 0 Å². The molecule has 0 aliphatic heterocycles. The van der Waals surface area contributed by atoms with Crippen LogP contribution in [0, 0.1) is 5.41 Å². The fourth-order valence-electron chi connectivity index (χ4n) is 1.90. The van der Waals surface area contributed by atoms with Gasteiger partial charge in [-0.1, -0.05) is 40.0 Å². The average molecular weight is 193 g/mol. The molecule has 0 amide bonds. The minimum Gasteiger partial charge on any atom is -0.354 e. The normalized spacial score (nSPS) is 11.9. The Kier molecular flexibility index (Phi) is 4.24. The molecule has 0 spiro atoms. The second kappa shape index (κ2) is 5.23. The first-order valence-electron chi connectivity index (χ1n) is 5.75. The van der Waals surface area contributed by atoms with E-state index in [-0.39, 0.29) is 0 Å². The number of aromatic nitrogens is 1. The Morgan fingerprint density at radius 1 is 1.07 bits per heavy atom. The van der Waals surface area contributed by atoms with Gasteiger partial charge in [0.1, 0.15) is 0 Å². The van der Waals surface area contributed by atoms with Gasteiger partial charge in [0.2, 0.25) is 0 Å². The van der Waals surface area contributed by atoms with Crippen LogP contribution in [0.4, 0.5) is 0 Å². The van der Waals surface area contributed by atoms with Crippen LogP contribution in [0.5, 0.6) is 0 Å². The van der Waals surface area contributed by atoms with Gasteiger partial charge >= 0.3 is 0 Å². The predicted octanol–water partition coefficient (Wildman–Crippen LogP) is 4.09. The highest BCUT2D eigenvalue weighted by Crippen LogP contribution is 2.25. The van der Waals surface area contributed by atoms with Gasteiger partial charge in [0, 0.05) is 18.9 Å². The Bertz CT molecular complexity index is 234. The van der Waals surface area contributed by atoms with Crippen molar-refractivity contribution in [3.05, 3.63) is 24.5 Å². The molecule has 1 aromatic heterocycles. The summed E-state index contributed by atoms with van der Waals surface area (Å²) in [5, 5.41) is 0. The lowest BCUT2D eigenvalue weighted by molar-refractivity contribution is 0.272. The van der Waals surface area contributed by atoms with Crippen LogP contribution >= 0.6 is 0 Å². The van der Waals surface area contributed by atoms with Crippen LogP contribution in [-0.4, -0.2) is 4.57 Å². The summed E-state index contributed by atoms with van der Waals surface area (Å²) in [6, 6.07) is 4.20. The molecule has 0 bridgehead atoms. The van der Waals surface area contributed by atoms with Crippen molar-refractivity contribution in [3.8, 4) is 0 Å². The third-order valence-corrected chi connectivity index (χ3v) is 2.73. The second-order valence-electron chi connectivity index (χ2n) is 4.98. The molecule has 0 saturated heterocycles. The molecule has 1 heteroatoms. The van der Waals surface area contributed by atoms with Crippen molar-refractivity contribution in [1.29, 1.82) is 0 Å². The zero-order chi connectivity index (χ0) is 10.4. The number of unbranched alkanes of at least 4 members (excludes halogenated alkanes) is 2. The fourth-order valence-corrected chi connectivity index (χ4v) is 1.90. The summed E-state index contributed by atoms with van der Waals surface area (Å²) in [4.78, 5) is 0. The molecule has 0 aliphatic carbocycles. The first kappa shape index (κ1) is 11.4. The van der Waals surface area contributed by atoms with E-state index in [1.807, 2.05) is 0 Å². The lowest BCUT2D eigenvalue weighted by Crippen LogP contribution is -2.18. The summed E-state index contributed by atoms with van der Waals surface area (Å²) >= 11 is 0. The van der Waals surface area contributed by atoms with E-state index in [4.69, 9.17) is 0 Å². The van der Waals surface area contributed by atoms with Gasteiger partial charge in [-0.05, 0) is 24.0 Å². The lowest BCUT2D eigenvalue weighted by atomic mass is 9.87. The molecule has 1 aromatic rings. The summed E-state index contributed by atoms with van der Waals surface area (Å²) in [5.74, 6) is 0. The molecule has 14 heavy (non-hydrogen) atoms. The molecular formula is C13H23N. The predicted molar refractivity (Wildman–Crippen MR) is 62.4 cm³/mol. The quantitative estimate of drug-likeness (QED) is 0.600. The van der Waals surface area contributed by atoms with Crippen molar-refractivity contribution in [2.24, 2.45) is 5.41 Å². The molecule has 0 fully saturated rings.